The molecule has 0 amide bonds. The Morgan fingerprint density at radius 1 is 1.33 bits per heavy atom. The number of ether oxygens (including phenoxy) is 2. The van der Waals surface area contributed by atoms with Crippen molar-refractivity contribution in [1.82, 2.24) is 14.8 Å². The van der Waals surface area contributed by atoms with Gasteiger partial charge in [0.1, 0.15) is 12.4 Å². The molecule has 0 fully saturated rings. The molecule has 0 aliphatic heterocycles. The number of rotatable bonds is 4. The molecule has 0 aliphatic carbocycles. The molecule has 0 aliphatic rings. The summed E-state index contributed by atoms with van der Waals surface area (Å²) in [5.74, 6) is 2.00. The topological polar surface area (TPSA) is 49.2 Å². The van der Waals surface area contributed by atoms with Crippen LogP contribution in [0.25, 0.3) is 11.4 Å². The number of hydrogen-bond donors (Lipinski definition) is 0. The van der Waals surface area contributed by atoms with Gasteiger partial charge in [0.2, 0.25) is 0 Å². The molecule has 2 rings (SSSR count). The Labute approximate surface area is 110 Å². The Bertz CT molecular complexity index is 554. The second kappa shape index (κ2) is 5.37. The highest BCUT2D eigenvalue weighted by Crippen LogP contribution is 2.28. The number of benzene rings is 1. The fourth-order valence-electron chi connectivity index (χ4n) is 1.59. The van der Waals surface area contributed by atoms with Crippen molar-refractivity contribution < 1.29 is 9.47 Å². The van der Waals surface area contributed by atoms with Crippen LogP contribution in [0, 0.1) is 0 Å². The first-order valence-corrected chi connectivity index (χ1v) is 5.76. The van der Waals surface area contributed by atoms with Crippen molar-refractivity contribution in [2.24, 2.45) is 7.05 Å². The maximum Gasteiger partial charge on any atom is 0.181 e. The third-order valence-electron chi connectivity index (χ3n) is 2.54. The molecule has 0 bridgehead atoms. The molecule has 6 heteroatoms. The van der Waals surface area contributed by atoms with Crippen molar-refractivity contribution in [3.63, 3.8) is 0 Å². The van der Waals surface area contributed by atoms with Crippen LogP contribution in [-0.4, -0.2) is 29.0 Å². The summed E-state index contributed by atoms with van der Waals surface area (Å²) in [6.07, 6.45) is 0. The van der Waals surface area contributed by atoms with E-state index in [4.69, 9.17) is 21.1 Å². The molecule has 1 aromatic carbocycles. The maximum absolute atomic E-state index is 5.98. The maximum atomic E-state index is 5.98. The predicted octanol–water partition coefficient (Wildman–Crippen LogP) is 2.29. The van der Waals surface area contributed by atoms with E-state index >= 15 is 0 Å². The van der Waals surface area contributed by atoms with E-state index < -0.39 is 0 Å². The van der Waals surface area contributed by atoms with Crippen molar-refractivity contribution in [2.45, 2.75) is 6.61 Å². The van der Waals surface area contributed by atoms with Gasteiger partial charge in [0.05, 0.1) is 12.1 Å². The van der Waals surface area contributed by atoms with E-state index in [1.54, 1.807) is 25.0 Å². The Morgan fingerprint density at radius 3 is 2.78 bits per heavy atom. The van der Waals surface area contributed by atoms with Gasteiger partial charge in [0, 0.05) is 19.7 Å². The molecule has 5 nitrogen and oxygen atoms in total. The van der Waals surface area contributed by atoms with Gasteiger partial charge in [0.25, 0.3) is 0 Å². The highest BCUT2D eigenvalue weighted by molar-refractivity contribution is 6.32. The summed E-state index contributed by atoms with van der Waals surface area (Å²) in [4.78, 5) is 4.40. The molecule has 0 unspecified atom stereocenters. The zero-order valence-corrected chi connectivity index (χ0v) is 11.2. The minimum absolute atomic E-state index is 0.425. The molecule has 0 radical (unpaired) electrons. The van der Waals surface area contributed by atoms with E-state index in [2.05, 4.69) is 10.1 Å². The number of methoxy groups -OCH3 is 2. The summed E-state index contributed by atoms with van der Waals surface area (Å²) in [5, 5.41) is 4.90. The number of nitrogens with zero attached hydrogens (tertiary/aromatic N) is 3. The van der Waals surface area contributed by atoms with E-state index in [1.807, 2.05) is 19.2 Å². The van der Waals surface area contributed by atoms with Crippen LogP contribution in [0.4, 0.5) is 0 Å². The van der Waals surface area contributed by atoms with Crippen LogP contribution in [0.2, 0.25) is 5.02 Å². The van der Waals surface area contributed by atoms with Gasteiger partial charge in [-0.25, -0.2) is 4.98 Å². The summed E-state index contributed by atoms with van der Waals surface area (Å²) >= 11 is 5.98. The van der Waals surface area contributed by atoms with Gasteiger partial charge in [-0.1, -0.05) is 11.6 Å². The quantitative estimate of drug-likeness (QED) is 0.853. The molecular weight excluding hydrogens is 254 g/mol. The lowest BCUT2D eigenvalue weighted by molar-refractivity contribution is 0.174. The molecule has 2 aromatic rings. The summed E-state index contributed by atoms with van der Waals surface area (Å²) in [7, 11) is 5.03. The first-order valence-electron chi connectivity index (χ1n) is 5.38. The largest absolute Gasteiger partial charge is 0.495 e. The number of aryl methyl sites for hydroxylation is 1. The van der Waals surface area contributed by atoms with Crippen molar-refractivity contribution in [2.75, 3.05) is 14.2 Å². The van der Waals surface area contributed by atoms with Gasteiger partial charge in [-0.05, 0) is 18.2 Å². The molecule has 96 valence electrons. The normalized spacial score (nSPS) is 10.7. The fraction of sp³-hybridized carbons (Fsp3) is 0.333. The minimum Gasteiger partial charge on any atom is -0.495 e. The standard InChI is InChI=1S/C12H14ClN3O2/c1-16-11(7-17-2)14-12(15-16)8-4-5-9(13)10(6-8)18-3/h4-6H,7H2,1-3H3. The van der Waals surface area contributed by atoms with Crippen LogP contribution >= 0.6 is 11.6 Å². The van der Waals surface area contributed by atoms with Gasteiger partial charge >= 0.3 is 0 Å². The lowest BCUT2D eigenvalue weighted by atomic mass is 10.2. The van der Waals surface area contributed by atoms with Crippen LogP contribution < -0.4 is 4.74 Å². The Balaban J connectivity index is 2.39. The van der Waals surface area contributed by atoms with E-state index in [1.165, 1.54) is 0 Å². The lowest BCUT2D eigenvalue weighted by Gasteiger charge is -2.03. The molecule has 0 saturated carbocycles. The van der Waals surface area contributed by atoms with Crippen molar-refractivity contribution >= 4 is 11.6 Å². The number of aromatic nitrogens is 3. The Morgan fingerprint density at radius 2 is 2.11 bits per heavy atom. The van der Waals surface area contributed by atoms with Crippen LogP contribution in [0.5, 0.6) is 5.75 Å². The van der Waals surface area contributed by atoms with Gasteiger partial charge < -0.3 is 9.47 Å². The van der Waals surface area contributed by atoms with Gasteiger partial charge in [0.15, 0.2) is 11.6 Å². The first kappa shape index (κ1) is 12.9. The average Bonchev–Trinajstić information content (AvgIpc) is 2.72. The number of halogens is 1. The number of hydrogen-bond acceptors (Lipinski definition) is 4. The second-order valence-corrected chi connectivity index (χ2v) is 4.16. The minimum atomic E-state index is 0.425. The zero-order valence-electron chi connectivity index (χ0n) is 10.5. The van der Waals surface area contributed by atoms with Crippen molar-refractivity contribution in [1.29, 1.82) is 0 Å². The summed E-state index contributed by atoms with van der Waals surface area (Å²) < 4.78 is 11.9. The Hall–Kier alpha value is -1.59. The van der Waals surface area contributed by atoms with E-state index in [0.717, 1.165) is 11.4 Å². The molecule has 18 heavy (non-hydrogen) atoms. The van der Waals surface area contributed by atoms with Gasteiger partial charge in [-0.3, -0.25) is 4.68 Å². The van der Waals surface area contributed by atoms with Gasteiger partial charge in [-0.15, -0.1) is 0 Å². The average molecular weight is 268 g/mol. The molecule has 0 atom stereocenters. The smallest absolute Gasteiger partial charge is 0.181 e. The summed E-state index contributed by atoms with van der Waals surface area (Å²) in [5.41, 5.74) is 0.856. The Kier molecular flexibility index (Phi) is 3.84. The van der Waals surface area contributed by atoms with E-state index in [9.17, 15) is 0 Å². The monoisotopic (exact) mass is 267 g/mol. The second-order valence-electron chi connectivity index (χ2n) is 3.76. The molecular formula is C12H14ClN3O2. The fourth-order valence-corrected chi connectivity index (χ4v) is 1.79. The molecule has 1 heterocycles. The van der Waals surface area contributed by atoms with Crippen molar-refractivity contribution in [3.8, 4) is 17.1 Å². The predicted molar refractivity (Wildman–Crippen MR) is 68.7 cm³/mol. The summed E-state index contributed by atoms with van der Waals surface area (Å²) in [6.45, 7) is 0.425. The highest BCUT2D eigenvalue weighted by Gasteiger charge is 2.11. The third kappa shape index (κ3) is 2.47. The molecule has 0 saturated heterocycles. The molecule has 1 aromatic heterocycles. The van der Waals surface area contributed by atoms with Crippen LogP contribution in [0.3, 0.4) is 0 Å². The van der Waals surface area contributed by atoms with Crippen LogP contribution in [0.15, 0.2) is 18.2 Å². The van der Waals surface area contributed by atoms with Crippen molar-refractivity contribution in [3.05, 3.63) is 29.0 Å². The van der Waals surface area contributed by atoms with E-state index in [-0.39, 0.29) is 0 Å². The first-order chi connectivity index (χ1) is 8.65. The highest BCUT2D eigenvalue weighted by atomic mass is 35.5. The van der Waals surface area contributed by atoms with Crippen LogP contribution in [0.1, 0.15) is 5.82 Å². The molecule has 0 spiro atoms. The zero-order chi connectivity index (χ0) is 13.1. The SMILES string of the molecule is COCc1nc(-c2ccc(Cl)c(OC)c2)nn1C. The van der Waals surface area contributed by atoms with Crippen LogP contribution in [-0.2, 0) is 18.4 Å². The third-order valence-corrected chi connectivity index (χ3v) is 2.85. The lowest BCUT2D eigenvalue weighted by Crippen LogP contribution is -2.00. The molecule has 0 N–H and O–H groups in total. The van der Waals surface area contributed by atoms with Gasteiger partial charge in [-0.2, -0.15) is 5.10 Å². The summed E-state index contributed by atoms with van der Waals surface area (Å²) in [6, 6.07) is 5.44. The van der Waals surface area contributed by atoms with E-state index in [0.29, 0.717) is 23.2 Å².